The highest BCUT2D eigenvalue weighted by molar-refractivity contribution is 7.54. The maximum atomic E-state index is 13.8. The minimum atomic E-state index is -3.78. The van der Waals surface area contributed by atoms with E-state index in [4.69, 9.17) is 30.1 Å². The molecule has 0 saturated carbocycles. The Hall–Kier alpha value is -1.92. The first-order chi connectivity index (χ1) is 13.7. The molecule has 29 heavy (non-hydrogen) atoms. The number of rotatable bonds is 6. The second-order valence-corrected chi connectivity index (χ2v) is 9.87. The van der Waals surface area contributed by atoms with Gasteiger partial charge in [-0.25, -0.2) is 9.18 Å². The van der Waals surface area contributed by atoms with Crippen molar-refractivity contribution < 1.29 is 32.3 Å². The smallest absolute Gasteiger partial charge is 0.375 e. The molecule has 0 aliphatic carbocycles. The number of esters is 1. The van der Waals surface area contributed by atoms with E-state index in [-0.39, 0.29) is 29.4 Å². The minimum absolute atomic E-state index is 0.152. The number of ether oxygens (including phenoxy) is 2. The maximum Gasteiger partial charge on any atom is 0.375 e. The average molecular weight is 443 g/mol. The van der Waals surface area contributed by atoms with Gasteiger partial charge in [-0.2, -0.15) is 0 Å². The summed E-state index contributed by atoms with van der Waals surface area (Å²) in [6, 6.07) is 12.3. The van der Waals surface area contributed by atoms with Crippen LogP contribution in [0, 0.1) is 11.2 Å². The van der Waals surface area contributed by atoms with Gasteiger partial charge >= 0.3 is 13.6 Å². The Bertz CT molecular complexity index is 906. The van der Waals surface area contributed by atoms with Crippen molar-refractivity contribution in [2.75, 3.05) is 19.8 Å². The number of carbonyl (C=O) groups excluding carboxylic acids is 1. The van der Waals surface area contributed by atoms with Crippen LogP contribution < -0.4 is 4.74 Å². The van der Waals surface area contributed by atoms with Crippen LogP contribution in [0.4, 0.5) is 4.39 Å². The van der Waals surface area contributed by atoms with Crippen LogP contribution in [0.25, 0.3) is 0 Å². The van der Waals surface area contributed by atoms with Gasteiger partial charge in [0.15, 0.2) is 18.2 Å². The van der Waals surface area contributed by atoms with Crippen LogP contribution in [-0.4, -0.2) is 25.8 Å². The summed E-state index contributed by atoms with van der Waals surface area (Å²) in [5, 5.41) is 0.203. The number of carbonyl (C=O) groups is 1. The lowest BCUT2D eigenvalue weighted by molar-refractivity contribution is -0.149. The summed E-state index contributed by atoms with van der Waals surface area (Å²) in [5.74, 6) is -2.97. The fourth-order valence-corrected chi connectivity index (χ4v) is 4.91. The zero-order chi connectivity index (χ0) is 21.1. The van der Waals surface area contributed by atoms with Gasteiger partial charge in [0.05, 0.1) is 13.2 Å². The zero-order valence-electron chi connectivity index (χ0n) is 16.0. The molecule has 0 amide bonds. The molecule has 0 radical (unpaired) electrons. The van der Waals surface area contributed by atoms with Crippen LogP contribution in [0.3, 0.4) is 0 Å². The third kappa shape index (κ3) is 5.58. The second kappa shape index (κ2) is 8.84. The average Bonchev–Trinajstić information content (AvgIpc) is 2.69. The molecule has 9 heteroatoms. The molecule has 1 saturated heterocycles. The third-order valence-electron chi connectivity index (χ3n) is 4.12. The van der Waals surface area contributed by atoms with E-state index >= 15 is 0 Å². The van der Waals surface area contributed by atoms with Gasteiger partial charge < -0.3 is 18.5 Å². The Morgan fingerprint density at radius 2 is 1.86 bits per heavy atom. The van der Waals surface area contributed by atoms with Gasteiger partial charge in [-0.1, -0.05) is 55.8 Å². The summed E-state index contributed by atoms with van der Waals surface area (Å²) < 4.78 is 48.7. The van der Waals surface area contributed by atoms with E-state index in [0.29, 0.717) is 5.56 Å². The highest BCUT2D eigenvalue weighted by Crippen LogP contribution is 2.64. The maximum absolute atomic E-state index is 13.8. The van der Waals surface area contributed by atoms with Gasteiger partial charge in [0, 0.05) is 16.0 Å². The zero-order valence-corrected chi connectivity index (χ0v) is 17.6. The molecule has 2 aromatic carbocycles. The Labute approximate surface area is 173 Å². The number of hydrogen-bond acceptors (Lipinski definition) is 6. The summed E-state index contributed by atoms with van der Waals surface area (Å²) >= 11 is 5.69. The van der Waals surface area contributed by atoms with Crippen LogP contribution in [0.2, 0.25) is 5.02 Å². The van der Waals surface area contributed by atoms with E-state index in [2.05, 4.69) is 0 Å². The van der Waals surface area contributed by atoms with E-state index in [1.807, 2.05) is 13.8 Å². The van der Waals surface area contributed by atoms with Gasteiger partial charge in [-0.05, 0) is 18.2 Å². The Kier molecular flexibility index (Phi) is 6.64. The summed E-state index contributed by atoms with van der Waals surface area (Å²) in [5.41, 5.74) is 0.149. The molecule has 2 aromatic rings. The lowest BCUT2D eigenvalue weighted by Gasteiger charge is -2.36. The van der Waals surface area contributed by atoms with Gasteiger partial charge in [0.1, 0.15) is 0 Å². The number of hydrogen-bond donors (Lipinski definition) is 0. The molecule has 1 unspecified atom stereocenters. The molecule has 6 nitrogen and oxygen atoms in total. The van der Waals surface area contributed by atoms with Crippen molar-refractivity contribution in [3.05, 3.63) is 64.9 Å². The van der Waals surface area contributed by atoms with Crippen molar-refractivity contribution in [1.82, 2.24) is 0 Å². The lowest BCUT2D eigenvalue weighted by atomic mass is 9.97. The van der Waals surface area contributed by atoms with Crippen LogP contribution >= 0.6 is 19.2 Å². The molecular weight excluding hydrogens is 422 g/mol. The summed E-state index contributed by atoms with van der Waals surface area (Å²) in [7, 11) is -3.78. The molecule has 1 heterocycles. The number of benzene rings is 2. The predicted molar refractivity (Wildman–Crippen MR) is 105 cm³/mol. The number of halogens is 2. The van der Waals surface area contributed by atoms with Crippen LogP contribution in [0.5, 0.6) is 5.75 Å². The lowest BCUT2D eigenvalue weighted by Crippen LogP contribution is -2.31. The summed E-state index contributed by atoms with van der Waals surface area (Å²) in [6.45, 7) is 3.62. The topological polar surface area (TPSA) is 71.1 Å². The first-order valence-corrected chi connectivity index (χ1v) is 10.9. The molecule has 1 aliphatic heterocycles. The second-order valence-electron chi connectivity index (χ2n) is 7.37. The quantitative estimate of drug-likeness (QED) is 0.442. The van der Waals surface area contributed by atoms with Crippen molar-refractivity contribution in [3.63, 3.8) is 0 Å². The van der Waals surface area contributed by atoms with Crippen molar-refractivity contribution in [3.8, 4) is 5.75 Å². The summed E-state index contributed by atoms with van der Waals surface area (Å²) in [4.78, 5) is 12.4. The molecular formula is C20H21ClFO6P. The fourth-order valence-electron chi connectivity index (χ4n) is 2.56. The normalized spacial score (nSPS) is 18.6. The van der Waals surface area contributed by atoms with Gasteiger partial charge in [-0.15, -0.1) is 0 Å². The van der Waals surface area contributed by atoms with Gasteiger partial charge in [0.2, 0.25) is 5.85 Å². The van der Waals surface area contributed by atoms with E-state index in [9.17, 15) is 13.8 Å². The highest BCUT2D eigenvalue weighted by Gasteiger charge is 2.46. The van der Waals surface area contributed by atoms with E-state index in [1.54, 1.807) is 30.3 Å². The van der Waals surface area contributed by atoms with E-state index in [0.717, 1.165) is 6.07 Å². The largest absolute Gasteiger partial charge is 0.479 e. The highest BCUT2D eigenvalue weighted by atomic mass is 35.5. The molecule has 156 valence electrons. The van der Waals surface area contributed by atoms with Crippen LogP contribution in [0.1, 0.15) is 25.3 Å². The first kappa shape index (κ1) is 21.8. The molecule has 0 N–H and O–H groups in total. The fraction of sp³-hybridized carbons (Fsp3) is 0.350. The molecule has 3 rings (SSSR count). The van der Waals surface area contributed by atoms with Crippen molar-refractivity contribution in [1.29, 1.82) is 0 Å². The van der Waals surface area contributed by atoms with Crippen LogP contribution in [-0.2, 0) is 23.1 Å². The van der Waals surface area contributed by atoms with Crippen LogP contribution in [0.15, 0.2) is 48.5 Å². The third-order valence-corrected chi connectivity index (χ3v) is 6.32. The van der Waals surface area contributed by atoms with E-state index < -0.39 is 31.8 Å². The standard InChI is InChI=1S/C20H21ClFO6P/c1-20(2)12-26-29(24,27-13-20)19(14-6-4-3-5-7-14)28-18(23)11-25-17-9-8-15(21)10-16(17)22/h3-10,19H,11-13H2,1-2H3. The van der Waals surface area contributed by atoms with Gasteiger partial charge in [-0.3, -0.25) is 4.57 Å². The van der Waals surface area contributed by atoms with Gasteiger partial charge in [0.25, 0.3) is 0 Å². The predicted octanol–water partition coefficient (Wildman–Crippen LogP) is 5.37. The molecule has 0 spiro atoms. The van der Waals surface area contributed by atoms with Crippen molar-refractivity contribution in [2.24, 2.45) is 5.41 Å². The van der Waals surface area contributed by atoms with Crippen molar-refractivity contribution >= 4 is 25.2 Å². The monoisotopic (exact) mass is 442 g/mol. The first-order valence-electron chi connectivity index (χ1n) is 8.90. The molecule has 0 bridgehead atoms. The SMILES string of the molecule is CC1(C)COP(=O)(C(OC(=O)COc2ccc(Cl)cc2F)c2ccccc2)OC1. The molecule has 1 atom stereocenters. The van der Waals surface area contributed by atoms with Crippen molar-refractivity contribution in [2.45, 2.75) is 19.7 Å². The minimum Gasteiger partial charge on any atom is -0.479 e. The Morgan fingerprint density at radius 1 is 1.21 bits per heavy atom. The summed E-state index contributed by atoms with van der Waals surface area (Å²) in [6.07, 6.45) is 0. The molecule has 0 aromatic heterocycles. The Morgan fingerprint density at radius 3 is 2.48 bits per heavy atom. The molecule has 1 fully saturated rings. The Balaban J connectivity index is 1.73. The van der Waals surface area contributed by atoms with E-state index in [1.165, 1.54) is 12.1 Å². The molecule has 1 aliphatic rings.